The molecule has 2 aromatic rings. The van der Waals surface area contributed by atoms with Gasteiger partial charge in [-0.1, -0.05) is 12.1 Å². The Morgan fingerprint density at radius 2 is 2.28 bits per heavy atom. The summed E-state index contributed by atoms with van der Waals surface area (Å²) in [4.78, 5) is 16.5. The molecule has 4 nitrogen and oxygen atoms in total. The number of amides is 1. The van der Waals surface area contributed by atoms with Gasteiger partial charge in [-0.3, -0.25) is 9.78 Å². The zero-order chi connectivity index (χ0) is 12.4. The van der Waals surface area contributed by atoms with Gasteiger partial charge in [0.25, 0.3) is 5.91 Å². The lowest BCUT2D eigenvalue weighted by Gasteiger charge is -2.12. The van der Waals surface area contributed by atoms with Crippen molar-refractivity contribution in [3.63, 3.8) is 0 Å². The largest absolute Gasteiger partial charge is 0.348 e. The maximum absolute atomic E-state index is 12.2. The van der Waals surface area contributed by atoms with Gasteiger partial charge in [0.1, 0.15) is 0 Å². The predicted octanol–water partition coefficient (Wildman–Crippen LogP) is 1.33. The smallest absolute Gasteiger partial charge is 0.252 e. The molecule has 2 N–H and O–H groups in total. The van der Waals surface area contributed by atoms with Crippen molar-refractivity contribution in [1.29, 1.82) is 0 Å². The molecular weight excluding hydrogens is 226 g/mol. The lowest BCUT2D eigenvalue weighted by atomic mass is 10.1. The van der Waals surface area contributed by atoms with Gasteiger partial charge < -0.3 is 10.6 Å². The Kier molecular flexibility index (Phi) is 2.94. The third-order valence-electron chi connectivity index (χ3n) is 3.29. The maximum Gasteiger partial charge on any atom is 0.252 e. The van der Waals surface area contributed by atoms with Crippen LogP contribution >= 0.6 is 0 Å². The van der Waals surface area contributed by atoms with Crippen LogP contribution in [0.4, 0.5) is 0 Å². The van der Waals surface area contributed by atoms with Crippen LogP contribution in [0.3, 0.4) is 0 Å². The Labute approximate surface area is 105 Å². The van der Waals surface area contributed by atoms with Crippen molar-refractivity contribution in [2.75, 3.05) is 13.1 Å². The summed E-state index contributed by atoms with van der Waals surface area (Å²) in [6, 6.07) is 9.67. The van der Waals surface area contributed by atoms with Crippen LogP contribution < -0.4 is 10.6 Å². The van der Waals surface area contributed by atoms with Crippen molar-refractivity contribution in [3.8, 4) is 0 Å². The Balaban J connectivity index is 1.91. The highest BCUT2D eigenvalue weighted by Gasteiger charge is 2.18. The summed E-state index contributed by atoms with van der Waals surface area (Å²) in [5, 5.41) is 7.20. The van der Waals surface area contributed by atoms with Crippen molar-refractivity contribution in [2.45, 2.75) is 12.5 Å². The normalized spacial score (nSPS) is 19.0. The first-order valence-electron chi connectivity index (χ1n) is 6.20. The van der Waals surface area contributed by atoms with Crippen LogP contribution in [0.25, 0.3) is 10.9 Å². The second-order valence-electron chi connectivity index (χ2n) is 4.54. The number of aromatic nitrogens is 1. The van der Waals surface area contributed by atoms with E-state index in [4.69, 9.17) is 0 Å². The molecule has 1 saturated heterocycles. The Morgan fingerprint density at radius 1 is 1.33 bits per heavy atom. The first-order chi connectivity index (χ1) is 8.84. The Bertz CT molecular complexity index is 571. The molecule has 1 unspecified atom stereocenters. The number of benzene rings is 1. The van der Waals surface area contributed by atoms with Crippen molar-refractivity contribution < 1.29 is 4.79 Å². The number of carbonyl (C=O) groups excluding carboxylic acids is 1. The van der Waals surface area contributed by atoms with E-state index >= 15 is 0 Å². The van der Waals surface area contributed by atoms with Crippen LogP contribution in [0.5, 0.6) is 0 Å². The molecule has 1 aromatic carbocycles. The van der Waals surface area contributed by atoms with Gasteiger partial charge in [-0.2, -0.15) is 0 Å². The summed E-state index contributed by atoms with van der Waals surface area (Å²) in [5.41, 5.74) is 1.56. The minimum Gasteiger partial charge on any atom is -0.348 e. The fourth-order valence-electron chi connectivity index (χ4n) is 2.34. The Hall–Kier alpha value is -1.94. The molecule has 1 fully saturated rings. The molecule has 1 aromatic heterocycles. The maximum atomic E-state index is 12.2. The van der Waals surface area contributed by atoms with E-state index in [1.807, 2.05) is 30.3 Å². The zero-order valence-electron chi connectivity index (χ0n) is 10.0. The molecule has 1 aliphatic heterocycles. The second-order valence-corrected chi connectivity index (χ2v) is 4.54. The van der Waals surface area contributed by atoms with E-state index in [1.54, 1.807) is 6.20 Å². The number of carbonyl (C=O) groups is 1. The van der Waals surface area contributed by atoms with Crippen LogP contribution in [-0.4, -0.2) is 30.0 Å². The number of nitrogens with zero attached hydrogens (tertiary/aromatic N) is 1. The Morgan fingerprint density at radius 3 is 3.11 bits per heavy atom. The molecule has 1 atom stereocenters. The van der Waals surface area contributed by atoms with E-state index in [9.17, 15) is 4.79 Å². The summed E-state index contributed by atoms with van der Waals surface area (Å²) in [5.74, 6) is -0.0118. The van der Waals surface area contributed by atoms with Crippen LogP contribution in [-0.2, 0) is 0 Å². The summed E-state index contributed by atoms with van der Waals surface area (Å²) in [6.45, 7) is 1.83. The average molecular weight is 241 g/mol. The number of nitrogens with one attached hydrogen (secondary N) is 2. The number of rotatable bonds is 2. The van der Waals surface area contributed by atoms with Crippen LogP contribution in [0.15, 0.2) is 36.5 Å². The van der Waals surface area contributed by atoms with E-state index in [0.717, 1.165) is 30.4 Å². The number of hydrogen-bond acceptors (Lipinski definition) is 3. The first kappa shape index (κ1) is 11.2. The minimum absolute atomic E-state index is 0.0118. The van der Waals surface area contributed by atoms with Gasteiger partial charge in [0.05, 0.1) is 5.52 Å². The van der Waals surface area contributed by atoms with Gasteiger partial charge in [-0.25, -0.2) is 0 Å². The van der Waals surface area contributed by atoms with Gasteiger partial charge in [0, 0.05) is 29.7 Å². The van der Waals surface area contributed by atoms with E-state index < -0.39 is 0 Å². The highest BCUT2D eigenvalue weighted by molar-refractivity contribution is 6.06. The predicted molar refractivity (Wildman–Crippen MR) is 70.5 cm³/mol. The molecule has 92 valence electrons. The average Bonchev–Trinajstić information content (AvgIpc) is 2.91. The van der Waals surface area contributed by atoms with Crippen LogP contribution in [0.1, 0.15) is 16.8 Å². The molecule has 0 radical (unpaired) electrons. The van der Waals surface area contributed by atoms with Crippen molar-refractivity contribution in [3.05, 3.63) is 42.1 Å². The SMILES string of the molecule is O=C(NC1CCNC1)c1cccc2ncccc12. The van der Waals surface area contributed by atoms with E-state index in [1.165, 1.54) is 0 Å². The van der Waals surface area contributed by atoms with E-state index in [2.05, 4.69) is 15.6 Å². The standard InChI is InChI=1S/C14H15N3O/c18-14(17-10-6-8-15-9-10)12-3-1-5-13-11(12)4-2-7-16-13/h1-5,7,10,15H,6,8-9H2,(H,17,18). The molecule has 0 saturated carbocycles. The molecule has 0 spiro atoms. The topological polar surface area (TPSA) is 54.0 Å². The minimum atomic E-state index is -0.0118. The molecule has 0 bridgehead atoms. The highest BCUT2D eigenvalue weighted by Crippen LogP contribution is 2.16. The number of pyridine rings is 1. The number of fused-ring (bicyclic) bond motifs is 1. The van der Waals surface area contributed by atoms with Gasteiger partial charge >= 0.3 is 0 Å². The fourth-order valence-corrected chi connectivity index (χ4v) is 2.34. The van der Waals surface area contributed by atoms with Crippen molar-refractivity contribution in [1.82, 2.24) is 15.6 Å². The number of hydrogen-bond donors (Lipinski definition) is 2. The molecular formula is C14H15N3O. The van der Waals surface area contributed by atoms with E-state index in [-0.39, 0.29) is 11.9 Å². The summed E-state index contributed by atoms with van der Waals surface area (Å²) >= 11 is 0. The van der Waals surface area contributed by atoms with Gasteiger partial charge in [-0.05, 0) is 31.2 Å². The molecule has 1 amide bonds. The van der Waals surface area contributed by atoms with Crippen molar-refractivity contribution >= 4 is 16.8 Å². The van der Waals surface area contributed by atoms with Crippen LogP contribution in [0.2, 0.25) is 0 Å². The summed E-state index contributed by atoms with van der Waals surface area (Å²) < 4.78 is 0. The second kappa shape index (κ2) is 4.74. The van der Waals surface area contributed by atoms with Gasteiger partial charge in [0.15, 0.2) is 0 Å². The van der Waals surface area contributed by atoms with Gasteiger partial charge in [-0.15, -0.1) is 0 Å². The zero-order valence-corrected chi connectivity index (χ0v) is 10.0. The molecule has 4 heteroatoms. The molecule has 18 heavy (non-hydrogen) atoms. The van der Waals surface area contributed by atoms with Crippen molar-refractivity contribution in [2.24, 2.45) is 0 Å². The third kappa shape index (κ3) is 2.07. The molecule has 0 aliphatic carbocycles. The van der Waals surface area contributed by atoms with E-state index in [0.29, 0.717) is 5.56 Å². The summed E-state index contributed by atoms with van der Waals surface area (Å²) in [7, 11) is 0. The first-order valence-corrected chi connectivity index (χ1v) is 6.20. The lowest BCUT2D eigenvalue weighted by molar-refractivity contribution is 0.0941. The highest BCUT2D eigenvalue weighted by atomic mass is 16.1. The molecule has 3 rings (SSSR count). The fraction of sp³-hybridized carbons (Fsp3) is 0.286. The quantitative estimate of drug-likeness (QED) is 0.834. The van der Waals surface area contributed by atoms with Gasteiger partial charge in [0.2, 0.25) is 0 Å². The summed E-state index contributed by atoms with van der Waals surface area (Å²) in [6.07, 6.45) is 2.74. The molecule has 2 heterocycles. The van der Waals surface area contributed by atoms with Crippen LogP contribution in [0, 0.1) is 0 Å². The third-order valence-corrected chi connectivity index (χ3v) is 3.29. The monoisotopic (exact) mass is 241 g/mol. The molecule has 1 aliphatic rings. The lowest BCUT2D eigenvalue weighted by Crippen LogP contribution is -2.36.